The number of carboxylic acids is 1. The highest BCUT2D eigenvalue weighted by molar-refractivity contribution is 7.89. The van der Waals surface area contributed by atoms with Crippen LogP contribution in [0.3, 0.4) is 0 Å². The first-order valence-corrected chi connectivity index (χ1v) is 7.89. The van der Waals surface area contributed by atoms with Crippen LogP contribution in [0.4, 0.5) is 0 Å². The van der Waals surface area contributed by atoms with Gasteiger partial charge in [-0.1, -0.05) is 6.07 Å². The van der Waals surface area contributed by atoms with E-state index in [1.807, 2.05) is 0 Å². The van der Waals surface area contributed by atoms with Crippen molar-refractivity contribution in [1.29, 1.82) is 0 Å². The second-order valence-electron chi connectivity index (χ2n) is 4.81. The van der Waals surface area contributed by atoms with E-state index in [2.05, 4.69) is 4.72 Å². The molecule has 1 amide bonds. The molecule has 0 aromatic heterocycles. The molecule has 1 unspecified atom stereocenters. The summed E-state index contributed by atoms with van der Waals surface area (Å²) in [7, 11) is -2.32. The summed E-state index contributed by atoms with van der Waals surface area (Å²) in [5, 5.41) is 8.94. The maximum Gasteiger partial charge on any atom is 0.308 e. The van der Waals surface area contributed by atoms with Crippen LogP contribution in [0.15, 0.2) is 29.2 Å². The number of aliphatic carboxylic acids is 1. The lowest BCUT2D eigenvalue weighted by molar-refractivity contribution is -0.141. The van der Waals surface area contributed by atoms with E-state index in [1.165, 1.54) is 36.2 Å². The van der Waals surface area contributed by atoms with Gasteiger partial charge in [0.1, 0.15) is 0 Å². The van der Waals surface area contributed by atoms with Gasteiger partial charge in [0.2, 0.25) is 10.0 Å². The minimum absolute atomic E-state index is 0.00447. The molecular weight excluding hydrogens is 296 g/mol. The molecule has 1 aromatic carbocycles. The van der Waals surface area contributed by atoms with E-state index >= 15 is 0 Å². The first kappa shape index (κ1) is 15.5. The monoisotopic (exact) mass is 312 g/mol. The zero-order chi connectivity index (χ0) is 15.6. The topological polar surface area (TPSA) is 104 Å². The number of carboxylic acid groups (broad SMARTS) is 1. The number of hydrogen-bond donors (Lipinski definition) is 2. The Hall–Kier alpha value is -1.93. The maximum atomic E-state index is 12.3. The van der Waals surface area contributed by atoms with E-state index in [-0.39, 0.29) is 22.9 Å². The van der Waals surface area contributed by atoms with Gasteiger partial charge in [-0.15, -0.1) is 0 Å². The highest BCUT2D eigenvalue weighted by Crippen LogP contribution is 2.20. The van der Waals surface area contributed by atoms with Crippen LogP contribution in [-0.4, -0.2) is 50.4 Å². The van der Waals surface area contributed by atoms with Crippen LogP contribution in [-0.2, 0) is 14.8 Å². The molecule has 2 rings (SSSR count). The minimum Gasteiger partial charge on any atom is -0.481 e. The van der Waals surface area contributed by atoms with Crippen molar-refractivity contribution in [2.75, 3.05) is 20.1 Å². The minimum atomic E-state index is -3.62. The molecule has 21 heavy (non-hydrogen) atoms. The molecule has 8 heteroatoms. The van der Waals surface area contributed by atoms with Gasteiger partial charge in [0.05, 0.1) is 10.8 Å². The third kappa shape index (κ3) is 3.22. The lowest BCUT2D eigenvalue weighted by Crippen LogP contribution is -2.30. The van der Waals surface area contributed by atoms with Crippen molar-refractivity contribution in [2.45, 2.75) is 11.3 Å². The first-order valence-electron chi connectivity index (χ1n) is 6.41. The van der Waals surface area contributed by atoms with Gasteiger partial charge in [0.25, 0.3) is 5.91 Å². The summed E-state index contributed by atoms with van der Waals surface area (Å²) in [5.41, 5.74) is 0.234. The van der Waals surface area contributed by atoms with Gasteiger partial charge in [-0.25, -0.2) is 13.1 Å². The van der Waals surface area contributed by atoms with Gasteiger partial charge in [-0.2, -0.15) is 0 Å². The maximum absolute atomic E-state index is 12.3. The molecule has 1 aliphatic rings. The van der Waals surface area contributed by atoms with E-state index in [4.69, 9.17) is 5.11 Å². The number of carbonyl (C=O) groups is 2. The zero-order valence-corrected chi connectivity index (χ0v) is 12.3. The Bertz CT molecular complexity index is 671. The average molecular weight is 312 g/mol. The third-order valence-electron chi connectivity index (χ3n) is 3.48. The number of hydrogen-bond acceptors (Lipinski definition) is 4. The molecule has 0 radical (unpaired) electrons. The number of nitrogens with one attached hydrogen (secondary N) is 1. The predicted octanol–water partition coefficient (Wildman–Crippen LogP) is 0.141. The first-order chi connectivity index (χ1) is 9.85. The summed E-state index contributed by atoms with van der Waals surface area (Å²) in [5.74, 6) is -1.83. The molecule has 114 valence electrons. The normalized spacial score (nSPS) is 18.7. The lowest BCUT2D eigenvalue weighted by atomic mass is 10.1. The van der Waals surface area contributed by atoms with Gasteiger partial charge in [0.15, 0.2) is 0 Å². The lowest BCUT2D eigenvalue weighted by Gasteiger charge is -2.16. The van der Waals surface area contributed by atoms with E-state index in [0.29, 0.717) is 13.0 Å². The van der Waals surface area contributed by atoms with E-state index in [9.17, 15) is 18.0 Å². The summed E-state index contributed by atoms with van der Waals surface area (Å²) < 4.78 is 25.6. The fraction of sp³-hybridized carbons (Fsp3) is 0.385. The van der Waals surface area contributed by atoms with Crippen molar-refractivity contribution in [3.8, 4) is 0 Å². The Balaban J connectivity index is 2.21. The van der Waals surface area contributed by atoms with Crippen LogP contribution in [0, 0.1) is 5.92 Å². The standard InChI is InChI=1S/C13H16N2O5S/c1-14-21(19,20)11-4-2-3-9(7-11)12(16)15-6-5-10(8-15)13(17)18/h2-4,7,10,14H,5-6,8H2,1H3,(H,17,18). The Morgan fingerprint density at radius 2 is 2.10 bits per heavy atom. The number of sulfonamides is 1. The Morgan fingerprint density at radius 1 is 1.38 bits per heavy atom. The molecule has 0 aliphatic carbocycles. The summed E-state index contributed by atoms with van der Waals surface area (Å²) in [6, 6.07) is 5.70. The predicted molar refractivity (Wildman–Crippen MR) is 74.3 cm³/mol. The molecule has 1 saturated heterocycles. The SMILES string of the molecule is CNS(=O)(=O)c1cccc(C(=O)N2CCC(C(=O)O)C2)c1. The summed E-state index contributed by atoms with van der Waals surface area (Å²) in [6.07, 6.45) is 0.412. The number of rotatable bonds is 4. The van der Waals surface area contributed by atoms with Crippen LogP contribution >= 0.6 is 0 Å². The van der Waals surface area contributed by atoms with Crippen molar-refractivity contribution in [3.63, 3.8) is 0 Å². The molecule has 7 nitrogen and oxygen atoms in total. The molecule has 1 atom stereocenters. The molecule has 0 bridgehead atoms. The van der Waals surface area contributed by atoms with Crippen LogP contribution in [0.1, 0.15) is 16.8 Å². The van der Waals surface area contributed by atoms with Crippen LogP contribution in [0.5, 0.6) is 0 Å². The summed E-state index contributed by atoms with van der Waals surface area (Å²) in [4.78, 5) is 24.6. The Labute approximate surface area is 122 Å². The average Bonchev–Trinajstić information content (AvgIpc) is 2.96. The summed E-state index contributed by atoms with van der Waals surface area (Å²) in [6.45, 7) is 0.510. The fourth-order valence-electron chi connectivity index (χ4n) is 2.24. The Kier molecular flexibility index (Phi) is 4.29. The molecule has 1 fully saturated rings. The highest BCUT2D eigenvalue weighted by atomic mass is 32.2. The van der Waals surface area contributed by atoms with Crippen molar-refractivity contribution in [1.82, 2.24) is 9.62 Å². The quantitative estimate of drug-likeness (QED) is 0.823. The van der Waals surface area contributed by atoms with Crippen LogP contribution in [0.2, 0.25) is 0 Å². The number of amides is 1. The van der Waals surface area contributed by atoms with Crippen molar-refractivity contribution in [3.05, 3.63) is 29.8 Å². The van der Waals surface area contributed by atoms with Gasteiger partial charge in [0, 0.05) is 18.7 Å². The van der Waals surface area contributed by atoms with Gasteiger partial charge >= 0.3 is 5.97 Å². The molecule has 1 aromatic rings. The highest BCUT2D eigenvalue weighted by Gasteiger charge is 2.31. The smallest absolute Gasteiger partial charge is 0.308 e. The second-order valence-corrected chi connectivity index (χ2v) is 6.70. The summed E-state index contributed by atoms with van der Waals surface area (Å²) >= 11 is 0. The molecular formula is C13H16N2O5S. The van der Waals surface area contributed by atoms with Crippen LogP contribution in [0.25, 0.3) is 0 Å². The second kappa shape index (κ2) is 5.82. The number of benzene rings is 1. The van der Waals surface area contributed by atoms with Crippen molar-refractivity contribution < 1.29 is 23.1 Å². The molecule has 1 heterocycles. The van der Waals surface area contributed by atoms with E-state index in [1.54, 1.807) is 0 Å². The fourth-order valence-corrected chi connectivity index (χ4v) is 3.02. The number of nitrogens with zero attached hydrogens (tertiary/aromatic N) is 1. The number of carbonyl (C=O) groups excluding carboxylic acids is 1. The molecule has 0 spiro atoms. The Morgan fingerprint density at radius 3 is 2.67 bits per heavy atom. The largest absolute Gasteiger partial charge is 0.481 e. The van der Waals surface area contributed by atoms with Gasteiger partial charge in [-0.05, 0) is 31.7 Å². The van der Waals surface area contributed by atoms with E-state index < -0.39 is 21.9 Å². The molecule has 2 N–H and O–H groups in total. The van der Waals surface area contributed by atoms with Crippen molar-refractivity contribution in [2.24, 2.45) is 5.92 Å². The molecule has 1 aliphatic heterocycles. The number of likely N-dealkylation sites (tertiary alicyclic amines) is 1. The zero-order valence-electron chi connectivity index (χ0n) is 11.4. The van der Waals surface area contributed by atoms with Gasteiger partial charge < -0.3 is 10.0 Å². The molecule has 0 saturated carbocycles. The van der Waals surface area contributed by atoms with Crippen LogP contribution < -0.4 is 4.72 Å². The van der Waals surface area contributed by atoms with Gasteiger partial charge in [-0.3, -0.25) is 9.59 Å². The van der Waals surface area contributed by atoms with Crippen molar-refractivity contribution >= 4 is 21.9 Å². The van der Waals surface area contributed by atoms with E-state index in [0.717, 1.165) is 0 Å². The third-order valence-corrected chi connectivity index (χ3v) is 4.90.